The number of methoxy groups -OCH3 is 1. The highest BCUT2D eigenvalue weighted by Crippen LogP contribution is 2.16. The molecule has 0 aliphatic carbocycles. The van der Waals surface area contributed by atoms with Crippen molar-refractivity contribution in [3.8, 4) is 11.5 Å². The van der Waals surface area contributed by atoms with E-state index in [1.165, 1.54) is 6.07 Å². The summed E-state index contributed by atoms with van der Waals surface area (Å²) in [5.41, 5.74) is 5.86. The van der Waals surface area contributed by atoms with Gasteiger partial charge in [-0.2, -0.15) is 0 Å². The summed E-state index contributed by atoms with van der Waals surface area (Å²) in [5.74, 6) is 2.09. The number of hydrogen-bond donors (Lipinski definition) is 2. The SMILES string of the molecule is COc1ccc(OCCc2nc(CN)cc(=O)[nH]2)cc1. The van der Waals surface area contributed by atoms with Gasteiger partial charge in [-0.25, -0.2) is 4.98 Å². The molecule has 2 aromatic rings. The zero-order valence-electron chi connectivity index (χ0n) is 11.3. The second-order valence-electron chi connectivity index (χ2n) is 4.16. The Morgan fingerprint density at radius 1 is 1.25 bits per heavy atom. The van der Waals surface area contributed by atoms with Crippen molar-refractivity contribution >= 4 is 0 Å². The molecule has 1 heterocycles. The molecule has 0 aliphatic heterocycles. The van der Waals surface area contributed by atoms with Crippen molar-refractivity contribution < 1.29 is 9.47 Å². The standard InChI is InChI=1S/C14H17N3O3/c1-19-11-2-4-12(5-3-11)20-7-6-13-16-10(9-15)8-14(18)17-13/h2-5,8H,6-7,9,15H2,1H3,(H,16,17,18). The maximum absolute atomic E-state index is 11.4. The minimum absolute atomic E-state index is 0.195. The highest BCUT2D eigenvalue weighted by molar-refractivity contribution is 5.31. The van der Waals surface area contributed by atoms with E-state index in [1.807, 2.05) is 24.3 Å². The molecule has 0 saturated heterocycles. The van der Waals surface area contributed by atoms with Crippen LogP contribution in [0.1, 0.15) is 11.5 Å². The van der Waals surface area contributed by atoms with Crippen molar-refractivity contribution in [1.29, 1.82) is 0 Å². The molecular formula is C14H17N3O3. The highest BCUT2D eigenvalue weighted by atomic mass is 16.5. The van der Waals surface area contributed by atoms with Crippen LogP contribution in [0.25, 0.3) is 0 Å². The van der Waals surface area contributed by atoms with Gasteiger partial charge in [0.1, 0.15) is 17.3 Å². The van der Waals surface area contributed by atoms with Gasteiger partial charge in [0.05, 0.1) is 19.4 Å². The quantitative estimate of drug-likeness (QED) is 0.816. The summed E-state index contributed by atoms with van der Waals surface area (Å²) in [4.78, 5) is 18.3. The Bertz CT molecular complexity index is 608. The number of hydrogen-bond acceptors (Lipinski definition) is 5. The minimum Gasteiger partial charge on any atom is -0.497 e. The summed E-state index contributed by atoms with van der Waals surface area (Å²) in [6, 6.07) is 8.69. The largest absolute Gasteiger partial charge is 0.497 e. The maximum atomic E-state index is 11.4. The van der Waals surface area contributed by atoms with Gasteiger partial charge in [0.2, 0.25) is 0 Å². The third-order valence-electron chi connectivity index (χ3n) is 2.72. The van der Waals surface area contributed by atoms with Gasteiger partial charge in [-0.3, -0.25) is 4.79 Å². The van der Waals surface area contributed by atoms with E-state index >= 15 is 0 Å². The molecule has 1 aromatic carbocycles. The molecule has 2 rings (SSSR count). The Balaban J connectivity index is 1.92. The van der Waals surface area contributed by atoms with Crippen LogP contribution in [0.15, 0.2) is 35.1 Å². The number of benzene rings is 1. The zero-order valence-corrected chi connectivity index (χ0v) is 11.3. The Labute approximate surface area is 116 Å². The summed E-state index contributed by atoms with van der Waals surface area (Å²) in [6.07, 6.45) is 0.509. The number of H-pyrrole nitrogens is 1. The van der Waals surface area contributed by atoms with Gasteiger partial charge < -0.3 is 20.2 Å². The van der Waals surface area contributed by atoms with Crippen molar-refractivity contribution in [2.24, 2.45) is 5.73 Å². The molecule has 0 radical (unpaired) electrons. The van der Waals surface area contributed by atoms with Gasteiger partial charge >= 0.3 is 0 Å². The van der Waals surface area contributed by atoms with Gasteiger partial charge in [-0.1, -0.05) is 0 Å². The number of nitrogens with two attached hydrogens (primary N) is 1. The molecule has 20 heavy (non-hydrogen) atoms. The minimum atomic E-state index is -0.195. The molecule has 6 nitrogen and oxygen atoms in total. The normalized spacial score (nSPS) is 10.3. The monoisotopic (exact) mass is 275 g/mol. The van der Waals surface area contributed by atoms with Crippen molar-refractivity contribution in [1.82, 2.24) is 9.97 Å². The summed E-state index contributed by atoms with van der Waals surface area (Å²) in [6.45, 7) is 0.666. The number of nitrogens with zero attached hydrogens (tertiary/aromatic N) is 1. The molecule has 0 bridgehead atoms. The predicted octanol–water partition coefficient (Wildman–Crippen LogP) is 0.859. The molecule has 0 amide bonds. The fourth-order valence-electron chi connectivity index (χ4n) is 1.72. The molecule has 0 spiro atoms. The van der Waals surface area contributed by atoms with E-state index < -0.39 is 0 Å². The predicted molar refractivity (Wildman–Crippen MR) is 74.9 cm³/mol. The lowest BCUT2D eigenvalue weighted by Crippen LogP contribution is -2.16. The van der Waals surface area contributed by atoms with Crippen LogP contribution >= 0.6 is 0 Å². The number of aromatic amines is 1. The second kappa shape index (κ2) is 6.72. The molecule has 106 valence electrons. The molecule has 0 atom stereocenters. The van der Waals surface area contributed by atoms with E-state index in [4.69, 9.17) is 15.2 Å². The topological polar surface area (TPSA) is 90.2 Å². The first-order chi connectivity index (χ1) is 9.71. The van der Waals surface area contributed by atoms with Crippen LogP contribution in [0, 0.1) is 0 Å². The number of ether oxygens (including phenoxy) is 2. The second-order valence-corrected chi connectivity index (χ2v) is 4.16. The Morgan fingerprint density at radius 2 is 1.95 bits per heavy atom. The molecule has 0 aliphatic rings. The van der Waals surface area contributed by atoms with Gasteiger partial charge in [0, 0.05) is 19.0 Å². The Kier molecular flexibility index (Phi) is 4.73. The first-order valence-corrected chi connectivity index (χ1v) is 6.27. The highest BCUT2D eigenvalue weighted by Gasteiger charge is 2.01. The molecule has 0 fully saturated rings. The number of nitrogens with one attached hydrogen (secondary N) is 1. The third-order valence-corrected chi connectivity index (χ3v) is 2.72. The average Bonchev–Trinajstić information content (AvgIpc) is 2.47. The van der Waals surface area contributed by atoms with Crippen molar-refractivity contribution in [3.63, 3.8) is 0 Å². The maximum Gasteiger partial charge on any atom is 0.251 e. The lowest BCUT2D eigenvalue weighted by molar-refractivity contribution is 0.317. The first kappa shape index (κ1) is 14.1. The van der Waals surface area contributed by atoms with Crippen LogP contribution in [-0.2, 0) is 13.0 Å². The smallest absolute Gasteiger partial charge is 0.251 e. The van der Waals surface area contributed by atoms with E-state index in [0.717, 1.165) is 11.5 Å². The van der Waals surface area contributed by atoms with Crippen molar-refractivity contribution in [2.45, 2.75) is 13.0 Å². The van der Waals surface area contributed by atoms with E-state index in [1.54, 1.807) is 7.11 Å². The number of aromatic nitrogens is 2. The van der Waals surface area contributed by atoms with Gasteiger partial charge in [-0.15, -0.1) is 0 Å². The van der Waals surface area contributed by atoms with E-state index in [0.29, 0.717) is 24.5 Å². The summed E-state index contributed by atoms with van der Waals surface area (Å²) in [7, 11) is 1.61. The van der Waals surface area contributed by atoms with Crippen LogP contribution in [0.4, 0.5) is 0 Å². The molecule has 0 unspecified atom stereocenters. The number of rotatable bonds is 6. The third kappa shape index (κ3) is 3.83. The van der Waals surface area contributed by atoms with Crippen LogP contribution in [0.5, 0.6) is 11.5 Å². The van der Waals surface area contributed by atoms with Crippen LogP contribution in [0.3, 0.4) is 0 Å². The van der Waals surface area contributed by atoms with Crippen molar-refractivity contribution in [3.05, 3.63) is 52.2 Å². The van der Waals surface area contributed by atoms with Crippen LogP contribution < -0.4 is 20.8 Å². The lowest BCUT2D eigenvalue weighted by Gasteiger charge is -2.07. The fraction of sp³-hybridized carbons (Fsp3) is 0.286. The molecular weight excluding hydrogens is 258 g/mol. The summed E-state index contributed by atoms with van der Waals surface area (Å²) < 4.78 is 10.6. The first-order valence-electron chi connectivity index (χ1n) is 6.27. The van der Waals surface area contributed by atoms with E-state index in [9.17, 15) is 4.79 Å². The van der Waals surface area contributed by atoms with Gasteiger partial charge in [0.15, 0.2) is 0 Å². The van der Waals surface area contributed by atoms with Crippen LogP contribution in [-0.4, -0.2) is 23.7 Å². The van der Waals surface area contributed by atoms with E-state index in [-0.39, 0.29) is 12.1 Å². The van der Waals surface area contributed by atoms with E-state index in [2.05, 4.69) is 9.97 Å². The van der Waals surface area contributed by atoms with Gasteiger partial charge in [0.25, 0.3) is 5.56 Å². The van der Waals surface area contributed by atoms with Gasteiger partial charge in [-0.05, 0) is 24.3 Å². The summed E-state index contributed by atoms with van der Waals surface area (Å²) >= 11 is 0. The zero-order chi connectivity index (χ0) is 14.4. The van der Waals surface area contributed by atoms with Crippen molar-refractivity contribution in [2.75, 3.05) is 13.7 Å². The molecule has 6 heteroatoms. The molecule has 0 saturated carbocycles. The molecule has 3 N–H and O–H groups in total. The average molecular weight is 275 g/mol. The summed E-state index contributed by atoms with van der Waals surface area (Å²) in [5, 5.41) is 0. The Hall–Kier alpha value is -2.34. The Morgan fingerprint density at radius 3 is 2.60 bits per heavy atom. The van der Waals surface area contributed by atoms with Crippen LogP contribution in [0.2, 0.25) is 0 Å². The fourth-order valence-corrected chi connectivity index (χ4v) is 1.72. The lowest BCUT2D eigenvalue weighted by atomic mass is 10.3. The molecule has 1 aromatic heterocycles.